The van der Waals surface area contributed by atoms with Crippen molar-refractivity contribution in [1.29, 1.82) is 5.26 Å². The van der Waals surface area contributed by atoms with Gasteiger partial charge in [-0.15, -0.1) is 0 Å². The zero-order valence-electron chi connectivity index (χ0n) is 8.09. The third kappa shape index (κ3) is 1.49. The Kier molecular flexibility index (Phi) is 2.60. The summed E-state index contributed by atoms with van der Waals surface area (Å²) in [5, 5.41) is 11.0. The third-order valence-electron chi connectivity index (χ3n) is 2.39. The van der Waals surface area contributed by atoms with Crippen LogP contribution >= 0.6 is 23.2 Å². The summed E-state index contributed by atoms with van der Waals surface area (Å²) in [7, 11) is 0. The highest BCUT2D eigenvalue weighted by molar-refractivity contribution is 6.33. The number of halogens is 2. The lowest BCUT2D eigenvalue weighted by Gasteiger charge is -2.01. The maximum Gasteiger partial charge on any atom is 0.128 e. The van der Waals surface area contributed by atoms with Gasteiger partial charge in [-0.1, -0.05) is 23.2 Å². The average molecular weight is 239 g/mol. The predicted molar refractivity (Wildman–Crippen MR) is 62.3 cm³/mol. The molecule has 0 saturated heterocycles. The standard InChI is InChI=1S/C11H8Cl2N2/c1-2-15-10-5-7(12)3-4-8(10)9(6-14)11(15)13/h3-5H,2H2,1H3. The quantitative estimate of drug-likeness (QED) is 0.743. The summed E-state index contributed by atoms with van der Waals surface area (Å²) < 4.78 is 1.88. The van der Waals surface area contributed by atoms with E-state index in [9.17, 15) is 0 Å². The molecule has 0 aliphatic heterocycles. The first-order valence-corrected chi connectivity index (χ1v) is 5.32. The van der Waals surface area contributed by atoms with E-state index in [2.05, 4.69) is 6.07 Å². The Balaban J connectivity index is 2.93. The second kappa shape index (κ2) is 3.77. The molecule has 2 rings (SSSR count). The highest BCUT2D eigenvalue weighted by Crippen LogP contribution is 2.31. The number of fused-ring (bicyclic) bond motifs is 1. The van der Waals surface area contributed by atoms with E-state index in [1.54, 1.807) is 6.07 Å². The van der Waals surface area contributed by atoms with Crippen molar-refractivity contribution in [2.45, 2.75) is 13.5 Å². The van der Waals surface area contributed by atoms with Crippen LogP contribution in [0.3, 0.4) is 0 Å². The Labute approximate surface area is 97.6 Å². The molecule has 0 N–H and O–H groups in total. The first-order valence-electron chi connectivity index (χ1n) is 4.56. The van der Waals surface area contributed by atoms with Crippen LogP contribution in [-0.2, 0) is 6.54 Å². The number of aryl methyl sites for hydroxylation is 1. The molecule has 0 atom stereocenters. The van der Waals surface area contributed by atoms with Crippen LogP contribution < -0.4 is 0 Å². The van der Waals surface area contributed by atoms with Gasteiger partial charge in [0, 0.05) is 17.0 Å². The number of nitriles is 1. The Morgan fingerprint density at radius 1 is 1.40 bits per heavy atom. The molecule has 15 heavy (non-hydrogen) atoms. The molecule has 0 amide bonds. The minimum absolute atomic E-state index is 0.484. The van der Waals surface area contributed by atoms with E-state index in [0.29, 0.717) is 15.7 Å². The number of nitrogens with zero attached hydrogens (tertiary/aromatic N) is 2. The number of rotatable bonds is 1. The molecular formula is C11H8Cl2N2. The van der Waals surface area contributed by atoms with Crippen LogP contribution in [0.2, 0.25) is 10.2 Å². The lowest BCUT2D eigenvalue weighted by Crippen LogP contribution is -1.92. The zero-order chi connectivity index (χ0) is 11.0. The smallest absolute Gasteiger partial charge is 0.128 e. The molecule has 4 heteroatoms. The summed E-state index contributed by atoms with van der Waals surface area (Å²) in [5.74, 6) is 0. The Hall–Kier alpha value is -1.17. The third-order valence-corrected chi connectivity index (χ3v) is 3.02. The van der Waals surface area contributed by atoms with Crippen LogP contribution in [0, 0.1) is 11.3 Å². The lowest BCUT2D eigenvalue weighted by atomic mass is 10.2. The molecule has 76 valence electrons. The number of aromatic nitrogens is 1. The Morgan fingerprint density at radius 3 is 2.73 bits per heavy atom. The van der Waals surface area contributed by atoms with Gasteiger partial charge >= 0.3 is 0 Å². The molecule has 2 nitrogen and oxygen atoms in total. The van der Waals surface area contributed by atoms with Crippen molar-refractivity contribution in [1.82, 2.24) is 4.57 Å². The molecule has 0 unspecified atom stereocenters. The van der Waals surface area contributed by atoms with E-state index >= 15 is 0 Å². The van der Waals surface area contributed by atoms with Crippen molar-refractivity contribution in [2.75, 3.05) is 0 Å². The molecule has 0 bridgehead atoms. The van der Waals surface area contributed by atoms with Crippen molar-refractivity contribution in [3.8, 4) is 6.07 Å². The van der Waals surface area contributed by atoms with E-state index in [0.717, 1.165) is 17.4 Å². The molecule has 2 aromatic rings. The molecule has 0 radical (unpaired) electrons. The fourth-order valence-corrected chi connectivity index (χ4v) is 2.23. The van der Waals surface area contributed by atoms with Crippen LogP contribution in [0.5, 0.6) is 0 Å². The number of benzene rings is 1. The fourth-order valence-electron chi connectivity index (χ4n) is 1.71. The second-order valence-electron chi connectivity index (χ2n) is 3.18. The highest BCUT2D eigenvalue weighted by atomic mass is 35.5. The Bertz CT molecular complexity index is 564. The van der Waals surface area contributed by atoms with Crippen molar-refractivity contribution < 1.29 is 0 Å². The van der Waals surface area contributed by atoms with Crippen LogP contribution in [0.1, 0.15) is 12.5 Å². The van der Waals surface area contributed by atoms with Gasteiger partial charge in [-0.25, -0.2) is 0 Å². The number of hydrogen-bond donors (Lipinski definition) is 0. The first kappa shape index (κ1) is 10.4. The van der Waals surface area contributed by atoms with Gasteiger partial charge in [0.2, 0.25) is 0 Å². The molecule has 1 aromatic heterocycles. The first-order chi connectivity index (χ1) is 7.19. The van der Waals surface area contributed by atoms with E-state index in [1.165, 1.54) is 0 Å². The summed E-state index contributed by atoms with van der Waals surface area (Å²) in [4.78, 5) is 0. The Morgan fingerprint density at radius 2 is 2.13 bits per heavy atom. The molecule has 0 aliphatic carbocycles. The molecular weight excluding hydrogens is 231 g/mol. The van der Waals surface area contributed by atoms with Crippen molar-refractivity contribution in [3.05, 3.63) is 33.9 Å². The highest BCUT2D eigenvalue weighted by Gasteiger charge is 2.14. The van der Waals surface area contributed by atoms with Crippen molar-refractivity contribution >= 4 is 34.1 Å². The molecule has 0 fully saturated rings. The van der Waals surface area contributed by atoms with Gasteiger partial charge in [0.15, 0.2) is 0 Å². The zero-order valence-corrected chi connectivity index (χ0v) is 9.60. The molecule has 0 saturated carbocycles. The van der Waals surface area contributed by atoms with Crippen LogP contribution in [0.15, 0.2) is 18.2 Å². The van der Waals surface area contributed by atoms with Gasteiger partial charge in [0.25, 0.3) is 0 Å². The topological polar surface area (TPSA) is 28.7 Å². The van der Waals surface area contributed by atoms with E-state index in [4.69, 9.17) is 28.5 Å². The van der Waals surface area contributed by atoms with E-state index in [-0.39, 0.29) is 0 Å². The van der Waals surface area contributed by atoms with Gasteiger partial charge in [0.05, 0.1) is 11.1 Å². The normalized spacial score (nSPS) is 10.5. The van der Waals surface area contributed by atoms with Crippen molar-refractivity contribution in [3.63, 3.8) is 0 Å². The largest absolute Gasteiger partial charge is 0.331 e. The monoisotopic (exact) mass is 238 g/mol. The van der Waals surface area contributed by atoms with Gasteiger partial charge in [-0.2, -0.15) is 5.26 Å². The summed E-state index contributed by atoms with van der Waals surface area (Å²) >= 11 is 12.0. The average Bonchev–Trinajstić information content (AvgIpc) is 2.48. The maximum atomic E-state index is 9.01. The predicted octanol–water partition coefficient (Wildman–Crippen LogP) is 3.84. The minimum Gasteiger partial charge on any atom is -0.331 e. The summed E-state index contributed by atoms with van der Waals surface area (Å²) in [5.41, 5.74) is 1.43. The number of hydrogen-bond acceptors (Lipinski definition) is 1. The summed E-state index contributed by atoms with van der Waals surface area (Å²) in [6, 6.07) is 7.54. The van der Waals surface area contributed by atoms with E-state index < -0.39 is 0 Å². The molecule has 0 aliphatic rings. The van der Waals surface area contributed by atoms with Crippen LogP contribution in [0.25, 0.3) is 10.9 Å². The summed E-state index contributed by atoms with van der Waals surface area (Å²) in [6.07, 6.45) is 0. The van der Waals surface area contributed by atoms with E-state index in [1.807, 2.05) is 23.6 Å². The fraction of sp³-hybridized carbons (Fsp3) is 0.182. The van der Waals surface area contributed by atoms with Gasteiger partial charge in [0.1, 0.15) is 11.2 Å². The molecule has 1 heterocycles. The molecule has 1 aromatic carbocycles. The minimum atomic E-state index is 0.484. The van der Waals surface area contributed by atoms with Crippen LogP contribution in [-0.4, -0.2) is 4.57 Å². The van der Waals surface area contributed by atoms with Crippen LogP contribution in [0.4, 0.5) is 0 Å². The maximum absolute atomic E-state index is 9.01. The summed E-state index contributed by atoms with van der Waals surface area (Å²) in [6.45, 7) is 2.70. The van der Waals surface area contributed by atoms with Gasteiger partial charge < -0.3 is 4.57 Å². The van der Waals surface area contributed by atoms with Gasteiger partial charge in [-0.3, -0.25) is 0 Å². The van der Waals surface area contributed by atoms with Crippen molar-refractivity contribution in [2.24, 2.45) is 0 Å². The lowest BCUT2D eigenvalue weighted by molar-refractivity contribution is 0.797. The molecule has 0 spiro atoms. The van der Waals surface area contributed by atoms with Gasteiger partial charge in [-0.05, 0) is 25.1 Å². The second-order valence-corrected chi connectivity index (χ2v) is 3.98. The SMILES string of the molecule is CCn1c(Cl)c(C#N)c2ccc(Cl)cc21.